The van der Waals surface area contributed by atoms with Gasteiger partial charge < -0.3 is 5.32 Å². The molecule has 2 aromatic carbocycles. The average Bonchev–Trinajstić information content (AvgIpc) is 3.31. The summed E-state index contributed by atoms with van der Waals surface area (Å²) in [4.78, 5) is 12.7. The second-order valence-corrected chi connectivity index (χ2v) is 11.1. The number of nitrogens with zero attached hydrogens (tertiary/aromatic N) is 3. The highest BCUT2D eigenvalue weighted by Gasteiger charge is 2.30. The predicted molar refractivity (Wildman–Crippen MR) is 121 cm³/mol. The Morgan fingerprint density at radius 1 is 1.13 bits per heavy atom. The molecule has 0 spiro atoms. The van der Waals surface area contributed by atoms with E-state index in [1.54, 1.807) is 6.92 Å². The summed E-state index contributed by atoms with van der Waals surface area (Å²) in [6.07, 6.45) is 1.08. The van der Waals surface area contributed by atoms with Crippen LogP contribution in [0.15, 0.2) is 65.8 Å². The quantitative estimate of drug-likeness (QED) is 0.550. The number of thioether (sulfide) groups is 1. The number of hydrogen-bond donors (Lipinski definition) is 1. The fourth-order valence-electron chi connectivity index (χ4n) is 3.55. The topological polar surface area (TPSA) is 93.9 Å². The van der Waals surface area contributed by atoms with Crippen LogP contribution in [-0.4, -0.2) is 51.9 Å². The van der Waals surface area contributed by atoms with Crippen LogP contribution in [0.25, 0.3) is 5.69 Å². The van der Waals surface area contributed by atoms with Crippen molar-refractivity contribution in [2.45, 2.75) is 36.2 Å². The van der Waals surface area contributed by atoms with Crippen LogP contribution in [0, 0.1) is 0 Å². The normalized spacial score (nSPS) is 18.5. The molecule has 1 aromatic heterocycles. The SMILES string of the molecule is CC(Sc1nnc(Cc2ccccc2)n1-c1ccccc1)C(=O)NC1CCS(=O)(=O)C1. The molecule has 162 valence electrons. The van der Waals surface area contributed by atoms with Crippen molar-refractivity contribution in [2.24, 2.45) is 0 Å². The Bertz CT molecular complexity index is 1150. The zero-order chi connectivity index (χ0) is 21.8. The van der Waals surface area contributed by atoms with Crippen LogP contribution in [-0.2, 0) is 21.1 Å². The zero-order valence-electron chi connectivity index (χ0n) is 17.1. The van der Waals surface area contributed by atoms with E-state index < -0.39 is 15.1 Å². The molecular weight excluding hydrogens is 432 g/mol. The Labute approximate surface area is 186 Å². The molecule has 0 saturated carbocycles. The lowest BCUT2D eigenvalue weighted by atomic mass is 10.1. The third kappa shape index (κ3) is 5.34. The molecule has 9 heteroatoms. The maximum atomic E-state index is 12.7. The molecule has 1 aliphatic rings. The lowest BCUT2D eigenvalue weighted by Crippen LogP contribution is -2.40. The monoisotopic (exact) mass is 456 g/mol. The molecule has 1 fully saturated rings. The highest BCUT2D eigenvalue weighted by Crippen LogP contribution is 2.27. The minimum absolute atomic E-state index is 0.0115. The second-order valence-electron chi connectivity index (χ2n) is 7.60. The number of nitrogens with one attached hydrogen (secondary N) is 1. The van der Waals surface area contributed by atoms with E-state index >= 15 is 0 Å². The lowest BCUT2D eigenvalue weighted by Gasteiger charge is -2.16. The molecular formula is C22H24N4O3S2. The molecule has 1 saturated heterocycles. The smallest absolute Gasteiger partial charge is 0.233 e. The van der Waals surface area contributed by atoms with E-state index in [9.17, 15) is 13.2 Å². The van der Waals surface area contributed by atoms with Gasteiger partial charge in [-0.05, 0) is 31.0 Å². The summed E-state index contributed by atoms with van der Waals surface area (Å²) in [5.41, 5.74) is 2.05. The van der Waals surface area contributed by atoms with Gasteiger partial charge in [-0.2, -0.15) is 0 Å². The van der Waals surface area contributed by atoms with Gasteiger partial charge >= 0.3 is 0 Å². The largest absolute Gasteiger partial charge is 0.351 e. The van der Waals surface area contributed by atoms with Crippen molar-refractivity contribution in [3.05, 3.63) is 72.1 Å². The van der Waals surface area contributed by atoms with Crippen LogP contribution < -0.4 is 5.32 Å². The van der Waals surface area contributed by atoms with Crippen molar-refractivity contribution in [1.82, 2.24) is 20.1 Å². The van der Waals surface area contributed by atoms with Crippen molar-refractivity contribution in [1.29, 1.82) is 0 Å². The zero-order valence-corrected chi connectivity index (χ0v) is 18.8. The summed E-state index contributed by atoms with van der Waals surface area (Å²) < 4.78 is 25.3. The van der Waals surface area contributed by atoms with Crippen LogP contribution in [0.2, 0.25) is 0 Å². The number of carbonyl (C=O) groups is 1. The van der Waals surface area contributed by atoms with E-state index in [1.165, 1.54) is 11.8 Å². The Hall–Kier alpha value is -2.65. The first kappa shape index (κ1) is 21.6. The van der Waals surface area contributed by atoms with Crippen LogP contribution in [0.3, 0.4) is 0 Å². The van der Waals surface area contributed by atoms with E-state index in [0.29, 0.717) is 18.0 Å². The second kappa shape index (κ2) is 9.23. The summed E-state index contributed by atoms with van der Waals surface area (Å²) in [6, 6.07) is 19.5. The summed E-state index contributed by atoms with van der Waals surface area (Å²) in [6.45, 7) is 1.80. The van der Waals surface area contributed by atoms with Gasteiger partial charge in [0, 0.05) is 18.2 Å². The molecule has 2 heterocycles. The summed E-state index contributed by atoms with van der Waals surface area (Å²) in [5, 5.41) is 11.8. The fourth-order valence-corrected chi connectivity index (χ4v) is 6.11. The summed E-state index contributed by atoms with van der Waals surface area (Å²) in [7, 11) is -3.04. The molecule has 0 aliphatic carbocycles. The van der Waals surface area contributed by atoms with Gasteiger partial charge in [0.15, 0.2) is 15.0 Å². The Kier molecular flexibility index (Phi) is 6.43. The summed E-state index contributed by atoms with van der Waals surface area (Å²) in [5.74, 6) is 0.732. The van der Waals surface area contributed by atoms with Crippen LogP contribution >= 0.6 is 11.8 Å². The molecule has 1 aliphatic heterocycles. The first-order chi connectivity index (χ1) is 14.9. The van der Waals surface area contributed by atoms with Gasteiger partial charge in [-0.1, -0.05) is 60.3 Å². The van der Waals surface area contributed by atoms with E-state index in [1.807, 2.05) is 65.2 Å². The maximum absolute atomic E-state index is 12.7. The molecule has 3 aromatic rings. The fraction of sp³-hybridized carbons (Fsp3) is 0.318. The number of aromatic nitrogens is 3. The molecule has 1 N–H and O–H groups in total. The number of para-hydroxylation sites is 1. The first-order valence-corrected chi connectivity index (χ1v) is 12.8. The van der Waals surface area contributed by atoms with Gasteiger partial charge in [0.2, 0.25) is 5.91 Å². The van der Waals surface area contributed by atoms with Crippen molar-refractivity contribution in [2.75, 3.05) is 11.5 Å². The van der Waals surface area contributed by atoms with Gasteiger partial charge in [0.25, 0.3) is 0 Å². The molecule has 2 atom stereocenters. The van der Waals surface area contributed by atoms with Crippen molar-refractivity contribution in [3.8, 4) is 5.69 Å². The molecule has 2 unspecified atom stereocenters. The Morgan fingerprint density at radius 3 is 2.45 bits per heavy atom. The van der Waals surface area contributed by atoms with Crippen LogP contribution in [0.1, 0.15) is 24.7 Å². The number of amides is 1. The number of benzene rings is 2. The number of sulfone groups is 1. The number of rotatable bonds is 7. The molecule has 31 heavy (non-hydrogen) atoms. The average molecular weight is 457 g/mol. The van der Waals surface area contributed by atoms with E-state index in [0.717, 1.165) is 17.1 Å². The van der Waals surface area contributed by atoms with Gasteiger partial charge in [-0.15, -0.1) is 10.2 Å². The maximum Gasteiger partial charge on any atom is 0.233 e. The van der Waals surface area contributed by atoms with Crippen LogP contribution in [0.4, 0.5) is 0 Å². The first-order valence-electron chi connectivity index (χ1n) is 10.1. The molecule has 0 bridgehead atoms. The third-order valence-corrected chi connectivity index (χ3v) is 7.96. The van der Waals surface area contributed by atoms with Gasteiger partial charge in [0.1, 0.15) is 5.82 Å². The van der Waals surface area contributed by atoms with Gasteiger partial charge in [0.05, 0.1) is 16.8 Å². The van der Waals surface area contributed by atoms with E-state index in [2.05, 4.69) is 15.5 Å². The third-order valence-electron chi connectivity index (χ3n) is 5.15. The predicted octanol–water partition coefficient (Wildman–Crippen LogP) is 2.64. The van der Waals surface area contributed by atoms with E-state index in [4.69, 9.17) is 0 Å². The lowest BCUT2D eigenvalue weighted by molar-refractivity contribution is -0.120. The van der Waals surface area contributed by atoms with Gasteiger partial charge in [-0.3, -0.25) is 9.36 Å². The van der Waals surface area contributed by atoms with Crippen molar-refractivity contribution in [3.63, 3.8) is 0 Å². The highest BCUT2D eigenvalue weighted by molar-refractivity contribution is 8.00. The minimum atomic E-state index is -3.04. The van der Waals surface area contributed by atoms with Crippen molar-refractivity contribution < 1.29 is 13.2 Å². The molecule has 1 amide bonds. The van der Waals surface area contributed by atoms with Gasteiger partial charge in [-0.25, -0.2) is 8.42 Å². The Balaban J connectivity index is 1.54. The van der Waals surface area contributed by atoms with Crippen molar-refractivity contribution >= 4 is 27.5 Å². The standard InChI is InChI=1S/C22H24N4O3S2/c1-16(21(27)23-18-12-13-31(28,29)15-18)30-22-25-24-20(14-17-8-4-2-5-9-17)26(22)19-10-6-3-7-11-19/h2-11,16,18H,12-15H2,1H3,(H,23,27). The number of hydrogen-bond acceptors (Lipinski definition) is 6. The summed E-state index contributed by atoms with van der Waals surface area (Å²) >= 11 is 1.32. The highest BCUT2D eigenvalue weighted by atomic mass is 32.2. The number of carbonyl (C=O) groups excluding carboxylic acids is 1. The van der Waals surface area contributed by atoms with E-state index in [-0.39, 0.29) is 23.5 Å². The molecule has 4 rings (SSSR count). The molecule has 0 radical (unpaired) electrons. The molecule has 7 nitrogen and oxygen atoms in total. The Morgan fingerprint density at radius 2 is 1.81 bits per heavy atom. The van der Waals surface area contributed by atoms with Crippen LogP contribution in [0.5, 0.6) is 0 Å². The minimum Gasteiger partial charge on any atom is -0.351 e.